The molecule has 0 aliphatic heterocycles. The Morgan fingerprint density at radius 1 is 0.848 bits per heavy atom. The van der Waals surface area contributed by atoms with Crippen molar-refractivity contribution in [1.29, 1.82) is 5.41 Å². The molecule has 2 atom stereocenters. The van der Waals surface area contributed by atoms with Crippen LogP contribution in [-0.4, -0.2) is 97.7 Å². The number of amidine groups is 1. The van der Waals surface area contributed by atoms with E-state index in [1.165, 1.54) is 61.7 Å². The third-order valence-electron chi connectivity index (χ3n) is 9.72. The van der Waals surface area contributed by atoms with Gasteiger partial charge >= 0.3 is 30.1 Å². The fraction of sp³-hybridized carbons (Fsp3) is 0.413. The maximum atomic E-state index is 14.2. The van der Waals surface area contributed by atoms with Crippen LogP contribution in [0.25, 0.3) is 17.2 Å². The molecule has 1 saturated carbocycles. The van der Waals surface area contributed by atoms with E-state index in [4.69, 9.17) is 39.6 Å². The number of nitrogens with two attached hydrogens (primary N) is 1. The maximum absolute atomic E-state index is 14.2. The quantitative estimate of drug-likeness (QED) is 0.0283. The molecule has 1 aromatic heterocycles. The highest BCUT2D eigenvalue weighted by Crippen LogP contribution is 2.35. The Balaban J connectivity index is 1.59. The summed E-state index contributed by atoms with van der Waals surface area (Å²) < 4.78 is 31.1. The SMILES string of the molecule is C=Cc1cc(C(=O)Nc2ccc(C(=N)NC(=O)OCOC(=O)[C@@H](N)C(C)C)cc2)c(-c2ccc(C(=O)NCC3CC3)nc2C(=O)OCOC(=O)[C@@H](NC(=O)OC(C)(C)C)C(C)C)cc1OC. The monoisotopic (exact) mass is 915 g/mol. The number of methoxy groups -OCH3 is 1. The van der Waals surface area contributed by atoms with E-state index in [9.17, 15) is 33.6 Å². The smallest absolute Gasteiger partial charge is 0.415 e. The Kier molecular flexibility index (Phi) is 17.9. The van der Waals surface area contributed by atoms with Crippen LogP contribution in [0.2, 0.25) is 0 Å². The summed E-state index contributed by atoms with van der Waals surface area (Å²) in [5, 5.41) is 18.5. The highest BCUT2D eigenvalue weighted by Gasteiger charge is 2.30. The van der Waals surface area contributed by atoms with Gasteiger partial charge < -0.3 is 50.1 Å². The first-order valence-electron chi connectivity index (χ1n) is 21.0. The summed E-state index contributed by atoms with van der Waals surface area (Å²) in [6, 6.07) is 9.52. The number of hydrogen-bond donors (Lipinski definition) is 6. The third-order valence-corrected chi connectivity index (χ3v) is 9.72. The van der Waals surface area contributed by atoms with Crippen LogP contribution < -0.4 is 31.7 Å². The van der Waals surface area contributed by atoms with Gasteiger partial charge in [0.15, 0.2) is 5.69 Å². The van der Waals surface area contributed by atoms with Crippen LogP contribution in [0.1, 0.15) is 104 Å². The molecule has 7 N–H and O–H groups in total. The minimum Gasteiger partial charge on any atom is -0.496 e. The van der Waals surface area contributed by atoms with Crippen molar-refractivity contribution in [3.05, 3.63) is 83.2 Å². The molecular formula is C46H57N7O13. The summed E-state index contributed by atoms with van der Waals surface area (Å²) in [5.74, 6) is -4.43. The number of rotatable bonds is 19. The zero-order chi connectivity index (χ0) is 48.9. The summed E-state index contributed by atoms with van der Waals surface area (Å²) in [6.07, 6.45) is 1.49. The van der Waals surface area contributed by atoms with E-state index in [-0.39, 0.29) is 51.1 Å². The highest BCUT2D eigenvalue weighted by molar-refractivity contribution is 6.11. The molecule has 66 heavy (non-hydrogen) atoms. The molecule has 2 aromatic carbocycles. The molecule has 20 heteroatoms. The molecule has 4 amide bonds. The van der Waals surface area contributed by atoms with Crippen LogP contribution in [0.4, 0.5) is 15.3 Å². The first kappa shape index (κ1) is 51.3. The average molecular weight is 916 g/mol. The predicted molar refractivity (Wildman–Crippen MR) is 240 cm³/mol. The topological polar surface area (TPSA) is 286 Å². The second kappa shape index (κ2) is 23.0. The summed E-state index contributed by atoms with van der Waals surface area (Å²) in [4.78, 5) is 95.3. The standard InChI is InChI=1S/C46H57N7O13/c1-10-27-19-32(39(54)50-29-15-13-28(14-16-29)38(48)53-44(59)65-23-62-41(56)35(47)24(2)3)31(20-34(27)61-9)30-17-18-33(40(55)49-21-26-11-12-26)51-37(30)43(58)64-22-63-42(57)36(25(4)5)52-45(60)66-46(6,7)8/h10,13-20,24-26,35-36H,1,11-12,21-23,47H2,2-9H3,(H,49,55)(H,50,54)(H,52,60)(H2,48,53,59)/t35-,36-/m0/s1. The molecule has 0 spiro atoms. The van der Waals surface area contributed by atoms with Gasteiger partial charge in [-0.05, 0) is 99.9 Å². The zero-order valence-electron chi connectivity index (χ0n) is 38.2. The van der Waals surface area contributed by atoms with E-state index >= 15 is 0 Å². The predicted octanol–water partition coefficient (Wildman–Crippen LogP) is 5.53. The Morgan fingerprint density at radius 2 is 1.50 bits per heavy atom. The van der Waals surface area contributed by atoms with Crippen molar-refractivity contribution in [2.24, 2.45) is 23.5 Å². The average Bonchev–Trinajstić information content (AvgIpc) is 4.10. The maximum Gasteiger partial charge on any atom is 0.415 e. The van der Waals surface area contributed by atoms with Gasteiger partial charge in [0.05, 0.1) is 7.11 Å². The number of esters is 3. The van der Waals surface area contributed by atoms with Gasteiger partial charge in [0, 0.05) is 40.0 Å². The van der Waals surface area contributed by atoms with Crippen molar-refractivity contribution in [3.8, 4) is 16.9 Å². The van der Waals surface area contributed by atoms with Crippen LogP contribution in [0, 0.1) is 23.2 Å². The van der Waals surface area contributed by atoms with Crippen molar-refractivity contribution in [2.75, 3.05) is 32.6 Å². The Morgan fingerprint density at radius 3 is 2.09 bits per heavy atom. The van der Waals surface area contributed by atoms with Gasteiger partial charge in [-0.1, -0.05) is 40.3 Å². The minimum absolute atomic E-state index is 0.00295. The molecular weight excluding hydrogens is 859 g/mol. The molecule has 1 aliphatic carbocycles. The number of carbonyl (C=O) groups excluding carboxylic acids is 7. The molecule has 0 saturated heterocycles. The number of anilines is 1. The second-order valence-electron chi connectivity index (χ2n) is 16.8. The van der Waals surface area contributed by atoms with Crippen LogP contribution in [0.5, 0.6) is 5.75 Å². The van der Waals surface area contributed by atoms with Gasteiger partial charge in [0.1, 0.15) is 35.0 Å². The Hall–Kier alpha value is -7.35. The minimum atomic E-state index is -1.16. The number of aromatic nitrogens is 1. The van der Waals surface area contributed by atoms with Gasteiger partial charge in [-0.25, -0.2) is 24.2 Å². The van der Waals surface area contributed by atoms with Crippen molar-refractivity contribution in [2.45, 2.75) is 79.0 Å². The number of benzene rings is 2. The lowest BCUT2D eigenvalue weighted by Gasteiger charge is -2.24. The van der Waals surface area contributed by atoms with Gasteiger partial charge in [-0.2, -0.15) is 0 Å². The van der Waals surface area contributed by atoms with Crippen LogP contribution in [0.3, 0.4) is 0 Å². The highest BCUT2D eigenvalue weighted by atomic mass is 16.7. The van der Waals surface area contributed by atoms with E-state index in [0.717, 1.165) is 12.8 Å². The normalized spacial score (nSPS) is 13.0. The summed E-state index contributed by atoms with van der Waals surface area (Å²) in [6.45, 7) is 14.4. The van der Waals surface area contributed by atoms with Gasteiger partial charge in [-0.3, -0.25) is 25.1 Å². The summed E-state index contributed by atoms with van der Waals surface area (Å²) in [5.41, 5.74) is 5.39. The molecule has 3 aromatic rings. The molecule has 0 unspecified atom stereocenters. The zero-order valence-corrected chi connectivity index (χ0v) is 38.2. The van der Waals surface area contributed by atoms with Crippen LogP contribution >= 0.6 is 0 Å². The molecule has 1 heterocycles. The molecule has 4 rings (SSSR count). The van der Waals surface area contributed by atoms with E-state index in [1.807, 2.05) is 0 Å². The van der Waals surface area contributed by atoms with Crippen molar-refractivity contribution >= 4 is 59.5 Å². The third kappa shape index (κ3) is 14.9. The molecule has 1 aliphatic rings. The number of alkyl carbamates (subject to hydrolysis) is 2. The molecule has 354 valence electrons. The lowest BCUT2D eigenvalue weighted by atomic mass is 9.94. The van der Waals surface area contributed by atoms with Crippen molar-refractivity contribution in [1.82, 2.24) is 20.9 Å². The van der Waals surface area contributed by atoms with Crippen LogP contribution in [0.15, 0.2) is 55.1 Å². The first-order chi connectivity index (χ1) is 31.1. The number of pyridine rings is 1. The molecule has 0 radical (unpaired) electrons. The van der Waals surface area contributed by atoms with Crippen LogP contribution in [-0.2, 0) is 33.3 Å². The van der Waals surface area contributed by atoms with Gasteiger partial charge in [0.2, 0.25) is 13.6 Å². The first-order valence-corrected chi connectivity index (χ1v) is 21.0. The number of hydrogen-bond acceptors (Lipinski definition) is 16. The lowest BCUT2D eigenvalue weighted by molar-refractivity contribution is -0.156. The van der Waals surface area contributed by atoms with E-state index in [0.29, 0.717) is 18.0 Å². The molecule has 0 bridgehead atoms. The Labute approximate surface area is 382 Å². The van der Waals surface area contributed by atoms with Crippen molar-refractivity contribution in [3.63, 3.8) is 0 Å². The van der Waals surface area contributed by atoms with E-state index in [1.54, 1.807) is 48.5 Å². The largest absolute Gasteiger partial charge is 0.496 e. The van der Waals surface area contributed by atoms with E-state index < -0.39 is 84.8 Å². The molecule has 1 fully saturated rings. The van der Waals surface area contributed by atoms with E-state index in [2.05, 4.69) is 32.8 Å². The number of nitrogens with one attached hydrogen (secondary N) is 5. The van der Waals surface area contributed by atoms with Gasteiger partial charge in [-0.15, -0.1) is 0 Å². The fourth-order valence-electron chi connectivity index (χ4n) is 5.82. The summed E-state index contributed by atoms with van der Waals surface area (Å²) in [7, 11) is 1.40. The molecule has 20 nitrogen and oxygen atoms in total. The number of nitrogens with zero attached hydrogens (tertiary/aromatic N) is 1. The van der Waals surface area contributed by atoms with Crippen molar-refractivity contribution < 1.29 is 62.0 Å². The second-order valence-corrected chi connectivity index (χ2v) is 16.8. The lowest BCUT2D eigenvalue weighted by Crippen LogP contribution is -2.47. The summed E-state index contributed by atoms with van der Waals surface area (Å²) >= 11 is 0. The Bertz CT molecular complexity index is 2320. The number of ether oxygens (including phenoxy) is 6. The number of carbonyl (C=O) groups is 7. The number of amides is 4. The van der Waals surface area contributed by atoms with Gasteiger partial charge in [0.25, 0.3) is 11.8 Å². The fourth-order valence-corrected chi connectivity index (χ4v) is 5.82.